The van der Waals surface area contributed by atoms with Gasteiger partial charge in [0.1, 0.15) is 11.4 Å². The predicted molar refractivity (Wildman–Crippen MR) is 73.2 cm³/mol. The van der Waals surface area contributed by atoms with Crippen molar-refractivity contribution in [3.63, 3.8) is 0 Å². The minimum Gasteiger partial charge on any atom is -0.229 e. The normalized spacial score (nSPS) is 11.0. The Morgan fingerprint density at radius 3 is 2.61 bits per heavy atom. The van der Waals surface area contributed by atoms with Crippen LogP contribution in [0.1, 0.15) is 5.56 Å². The Balaban J connectivity index is 2.21. The first kappa shape index (κ1) is 11.2. The smallest absolute Gasteiger partial charge is 0.167 e. The maximum atomic E-state index is 4.40. The summed E-state index contributed by atoms with van der Waals surface area (Å²) in [6.07, 6.45) is 5.41. The fourth-order valence-electron chi connectivity index (χ4n) is 1.86. The van der Waals surface area contributed by atoms with Crippen molar-refractivity contribution >= 4 is 22.8 Å². The molecule has 5 heteroatoms. The van der Waals surface area contributed by atoms with Gasteiger partial charge in [-0.05, 0) is 25.3 Å². The van der Waals surface area contributed by atoms with E-state index in [2.05, 4.69) is 34.1 Å². The van der Waals surface area contributed by atoms with Crippen LogP contribution in [0.4, 0.5) is 0 Å². The lowest BCUT2D eigenvalue weighted by molar-refractivity contribution is 0.893. The van der Waals surface area contributed by atoms with Crippen LogP contribution in [0, 0.1) is 6.92 Å². The Morgan fingerprint density at radius 1 is 1.11 bits per heavy atom. The third kappa shape index (κ3) is 1.76. The summed E-state index contributed by atoms with van der Waals surface area (Å²) in [5.74, 6) is 0. The summed E-state index contributed by atoms with van der Waals surface area (Å²) in [5.41, 5.74) is 3.09. The topological polar surface area (TPSA) is 43.6 Å². The average molecular weight is 256 g/mol. The molecule has 4 nitrogen and oxygen atoms in total. The zero-order chi connectivity index (χ0) is 12.5. The van der Waals surface area contributed by atoms with E-state index in [-0.39, 0.29) is 0 Å². The summed E-state index contributed by atoms with van der Waals surface area (Å²) < 4.78 is 1.84. The lowest BCUT2D eigenvalue weighted by Crippen LogP contribution is -1.97. The summed E-state index contributed by atoms with van der Waals surface area (Å²) >= 11 is 1.60. The number of benzene rings is 1. The van der Waals surface area contributed by atoms with E-state index in [1.54, 1.807) is 18.1 Å². The molecule has 0 radical (unpaired) electrons. The highest BCUT2D eigenvalue weighted by Crippen LogP contribution is 2.23. The maximum absolute atomic E-state index is 4.40. The Labute approximate surface area is 109 Å². The Hall–Kier alpha value is -1.88. The van der Waals surface area contributed by atoms with E-state index in [1.165, 1.54) is 5.56 Å². The molecule has 0 aliphatic heterocycles. The first-order chi connectivity index (χ1) is 8.79. The van der Waals surface area contributed by atoms with Crippen molar-refractivity contribution in [2.45, 2.75) is 11.9 Å². The molecule has 0 amide bonds. The van der Waals surface area contributed by atoms with Crippen LogP contribution in [0.5, 0.6) is 0 Å². The molecule has 0 bridgehead atoms. The number of nitrogens with zero attached hydrogens (tertiary/aromatic N) is 4. The van der Waals surface area contributed by atoms with E-state index in [0.29, 0.717) is 0 Å². The molecule has 0 aliphatic carbocycles. The van der Waals surface area contributed by atoms with Crippen molar-refractivity contribution in [1.82, 2.24) is 19.7 Å². The van der Waals surface area contributed by atoms with E-state index < -0.39 is 0 Å². The molecule has 0 unspecified atom stereocenters. The van der Waals surface area contributed by atoms with Crippen LogP contribution in [0.3, 0.4) is 0 Å². The number of fused-ring (bicyclic) bond motifs is 1. The molecule has 1 aromatic carbocycles. The van der Waals surface area contributed by atoms with Crippen molar-refractivity contribution in [2.24, 2.45) is 0 Å². The fourth-order valence-corrected chi connectivity index (χ4v) is 2.38. The minimum atomic E-state index is 0.846. The van der Waals surface area contributed by atoms with Gasteiger partial charge in [-0.1, -0.05) is 17.7 Å². The number of aromatic nitrogens is 4. The summed E-state index contributed by atoms with van der Waals surface area (Å²) in [6.45, 7) is 2.07. The van der Waals surface area contributed by atoms with E-state index in [4.69, 9.17) is 0 Å². The van der Waals surface area contributed by atoms with Gasteiger partial charge in [-0.25, -0.2) is 14.6 Å². The lowest BCUT2D eigenvalue weighted by atomic mass is 10.2. The highest BCUT2D eigenvalue weighted by Gasteiger charge is 2.09. The molecule has 3 rings (SSSR count). The Bertz CT molecular complexity index is 688. The van der Waals surface area contributed by atoms with Gasteiger partial charge in [0.05, 0.1) is 17.3 Å². The maximum Gasteiger partial charge on any atom is 0.167 e. The fraction of sp³-hybridized carbons (Fsp3) is 0.154. The molecule has 0 N–H and O–H groups in total. The van der Waals surface area contributed by atoms with Crippen LogP contribution in [-0.2, 0) is 0 Å². The molecule has 0 atom stereocenters. The summed E-state index contributed by atoms with van der Waals surface area (Å²) in [7, 11) is 0. The molecule has 2 aromatic heterocycles. The highest BCUT2D eigenvalue weighted by molar-refractivity contribution is 7.98. The number of aryl methyl sites for hydroxylation is 1. The second-order valence-electron chi connectivity index (χ2n) is 4.01. The van der Waals surface area contributed by atoms with Crippen LogP contribution < -0.4 is 0 Å². The third-order valence-electron chi connectivity index (χ3n) is 2.80. The van der Waals surface area contributed by atoms with Gasteiger partial charge in [0, 0.05) is 0 Å². The largest absolute Gasteiger partial charge is 0.229 e. The summed E-state index contributed by atoms with van der Waals surface area (Å²) in [6, 6.07) is 8.23. The van der Waals surface area contributed by atoms with Gasteiger partial charge >= 0.3 is 0 Å². The van der Waals surface area contributed by atoms with E-state index >= 15 is 0 Å². The monoisotopic (exact) mass is 256 g/mol. The lowest BCUT2D eigenvalue weighted by Gasteiger charge is -2.03. The first-order valence-corrected chi connectivity index (χ1v) is 6.82. The molecule has 0 aliphatic rings. The SMILES string of the molecule is CSc1ncnc2c1cnn2-c1ccc(C)cc1. The van der Waals surface area contributed by atoms with Crippen LogP contribution in [0.25, 0.3) is 16.7 Å². The zero-order valence-corrected chi connectivity index (χ0v) is 11.0. The highest BCUT2D eigenvalue weighted by atomic mass is 32.2. The molecular formula is C13H12N4S. The number of hydrogen-bond donors (Lipinski definition) is 0. The van der Waals surface area contributed by atoms with Crippen molar-refractivity contribution in [3.05, 3.63) is 42.4 Å². The second kappa shape index (κ2) is 4.42. The van der Waals surface area contributed by atoms with Crippen molar-refractivity contribution in [1.29, 1.82) is 0 Å². The van der Waals surface area contributed by atoms with Gasteiger partial charge in [0.2, 0.25) is 0 Å². The zero-order valence-electron chi connectivity index (χ0n) is 10.2. The van der Waals surface area contributed by atoms with E-state index in [9.17, 15) is 0 Å². The van der Waals surface area contributed by atoms with Gasteiger partial charge in [-0.15, -0.1) is 11.8 Å². The molecule has 18 heavy (non-hydrogen) atoms. The Morgan fingerprint density at radius 2 is 1.89 bits per heavy atom. The van der Waals surface area contributed by atoms with Crippen molar-refractivity contribution in [3.8, 4) is 5.69 Å². The third-order valence-corrected chi connectivity index (χ3v) is 3.51. The second-order valence-corrected chi connectivity index (χ2v) is 4.81. The van der Waals surface area contributed by atoms with Crippen LogP contribution in [0.15, 0.2) is 41.8 Å². The number of rotatable bonds is 2. The van der Waals surface area contributed by atoms with Crippen LogP contribution >= 0.6 is 11.8 Å². The van der Waals surface area contributed by atoms with Crippen molar-refractivity contribution < 1.29 is 0 Å². The average Bonchev–Trinajstić information content (AvgIpc) is 2.83. The summed E-state index contributed by atoms with van der Waals surface area (Å²) in [5, 5.41) is 6.35. The number of hydrogen-bond acceptors (Lipinski definition) is 4. The number of thioether (sulfide) groups is 1. The summed E-state index contributed by atoms with van der Waals surface area (Å²) in [4.78, 5) is 8.57. The predicted octanol–water partition coefficient (Wildman–Crippen LogP) is 2.85. The molecule has 3 aromatic rings. The van der Waals surface area contributed by atoms with Crippen LogP contribution in [-0.4, -0.2) is 26.0 Å². The minimum absolute atomic E-state index is 0.846. The molecule has 0 fully saturated rings. The van der Waals surface area contributed by atoms with Gasteiger partial charge in [0.25, 0.3) is 0 Å². The van der Waals surface area contributed by atoms with Gasteiger partial charge in [-0.3, -0.25) is 0 Å². The molecule has 0 spiro atoms. The molecule has 2 heterocycles. The first-order valence-electron chi connectivity index (χ1n) is 5.59. The van der Waals surface area contributed by atoms with E-state index in [1.807, 2.05) is 29.3 Å². The Kier molecular flexibility index (Phi) is 2.76. The van der Waals surface area contributed by atoms with Crippen LogP contribution in [0.2, 0.25) is 0 Å². The van der Waals surface area contributed by atoms with Gasteiger partial charge in [0.15, 0.2) is 5.65 Å². The van der Waals surface area contributed by atoms with E-state index in [0.717, 1.165) is 21.7 Å². The standard InChI is InChI=1S/C13H12N4S/c1-9-3-5-10(6-4-9)17-12-11(7-16-17)13(18-2)15-8-14-12/h3-8H,1-2H3. The van der Waals surface area contributed by atoms with Gasteiger partial charge < -0.3 is 0 Å². The molecule has 0 saturated heterocycles. The molecular weight excluding hydrogens is 244 g/mol. The molecule has 90 valence electrons. The van der Waals surface area contributed by atoms with Crippen molar-refractivity contribution in [2.75, 3.05) is 6.26 Å². The quantitative estimate of drug-likeness (QED) is 0.522. The van der Waals surface area contributed by atoms with Gasteiger partial charge in [-0.2, -0.15) is 5.10 Å². The molecule has 0 saturated carbocycles.